The molecular weight excluding hydrogens is 400 g/mol. The molecule has 5 aromatic rings. The van der Waals surface area contributed by atoms with E-state index in [1.54, 1.807) is 28.2 Å². The fourth-order valence-electron chi connectivity index (χ4n) is 3.35. The largest absolute Gasteiger partial charge is 0.325 e. The van der Waals surface area contributed by atoms with Gasteiger partial charge in [-0.3, -0.25) is 9.78 Å². The Kier molecular flexibility index (Phi) is 4.51. The molecule has 1 fully saturated rings. The average molecular weight is 418 g/mol. The first-order valence-electron chi connectivity index (χ1n) is 9.57. The maximum atomic E-state index is 11.9. The van der Waals surface area contributed by atoms with Crippen molar-refractivity contribution in [2.45, 2.75) is 25.7 Å². The Morgan fingerprint density at radius 2 is 2.03 bits per heavy atom. The second-order valence-corrected chi connectivity index (χ2v) is 8.38. The third-order valence-corrected chi connectivity index (χ3v) is 5.85. The van der Waals surface area contributed by atoms with Crippen molar-refractivity contribution in [2.75, 3.05) is 0 Å². The van der Waals surface area contributed by atoms with E-state index in [2.05, 4.69) is 31.1 Å². The van der Waals surface area contributed by atoms with Gasteiger partial charge in [-0.2, -0.15) is 5.10 Å². The maximum absolute atomic E-state index is 11.9. The molecule has 0 unspecified atom stereocenters. The smallest absolute Gasteiger partial charge is 0.313 e. The Morgan fingerprint density at radius 1 is 1.20 bits per heavy atom. The van der Waals surface area contributed by atoms with Crippen LogP contribution in [0.15, 0.2) is 58.5 Å². The standard InChI is InChI=1S/C13H11N5O2.C8H7NS/c19-12-9(6-15-13(20)16-12)10-5-8(7-1-2-7)11-14-3-4-18(11)17-10;1-6-9-7-4-2-3-5-8(7)10-6/h3-7H,1-2H2,(H2,15,16,19,20);2-5H,1H3. The average Bonchev–Trinajstić information content (AvgIpc) is 3.33. The van der Waals surface area contributed by atoms with Crippen LogP contribution in [-0.4, -0.2) is 29.5 Å². The highest BCUT2D eigenvalue weighted by Crippen LogP contribution is 2.42. The summed E-state index contributed by atoms with van der Waals surface area (Å²) in [5.74, 6) is 0.489. The van der Waals surface area contributed by atoms with E-state index < -0.39 is 11.2 Å². The van der Waals surface area contributed by atoms with Crippen LogP contribution in [0.25, 0.3) is 27.1 Å². The van der Waals surface area contributed by atoms with Crippen LogP contribution in [-0.2, 0) is 0 Å². The summed E-state index contributed by atoms with van der Waals surface area (Å²) in [6, 6.07) is 10.1. The van der Waals surface area contributed by atoms with Gasteiger partial charge in [-0.25, -0.2) is 19.3 Å². The van der Waals surface area contributed by atoms with Gasteiger partial charge in [-0.15, -0.1) is 11.3 Å². The van der Waals surface area contributed by atoms with Crippen molar-refractivity contribution in [2.24, 2.45) is 0 Å². The number of aromatic nitrogens is 6. The van der Waals surface area contributed by atoms with Crippen LogP contribution in [0.3, 0.4) is 0 Å². The zero-order valence-electron chi connectivity index (χ0n) is 16.1. The van der Waals surface area contributed by atoms with E-state index in [1.165, 1.54) is 10.9 Å². The van der Waals surface area contributed by atoms with Gasteiger partial charge in [-0.05, 0) is 43.9 Å². The number of fused-ring (bicyclic) bond motifs is 2. The SMILES string of the molecule is Cc1nc2ccccc2s1.O=c1[nH]cc(-c2cc(C3CC3)c3nccn3n2)c(=O)[nH]1. The Balaban J connectivity index is 0.000000161. The van der Waals surface area contributed by atoms with Crippen molar-refractivity contribution in [1.82, 2.24) is 29.5 Å². The van der Waals surface area contributed by atoms with Gasteiger partial charge in [0.25, 0.3) is 5.56 Å². The minimum Gasteiger partial charge on any atom is -0.313 e. The summed E-state index contributed by atoms with van der Waals surface area (Å²) in [5.41, 5.74) is 2.97. The highest BCUT2D eigenvalue weighted by atomic mass is 32.1. The van der Waals surface area contributed by atoms with Crippen LogP contribution in [0.5, 0.6) is 0 Å². The van der Waals surface area contributed by atoms with E-state index in [-0.39, 0.29) is 0 Å². The molecule has 1 aliphatic rings. The van der Waals surface area contributed by atoms with Crippen molar-refractivity contribution >= 4 is 27.2 Å². The van der Waals surface area contributed by atoms with Crippen molar-refractivity contribution in [3.05, 3.63) is 80.3 Å². The minimum atomic E-state index is -0.523. The molecule has 0 amide bonds. The summed E-state index contributed by atoms with van der Waals surface area (Å²) in [7, 11) is 0. The summed E-state index contributed by atoms with van der Waals surface area (Å²) in [4.78, 5) is 36.3. The van der Waals surface area contributed by atoms with Crippen LogP contribution in [0, 0.1) is 6.92 Å². The number of nitrogens with one attached hydrogen (secondary N) is 2. The van der Waals surface area contributed by atoms with Crippen LogP contribution in [0.2, 0.25) is 0 Å². The van der Waals surface area contributed by atoms with E-state index in [0.717, 1.165) is 34.6 Å². The van der Waals surface area contributed by atoms with E-state index >= 15 is 0 Å². The second-order valence-electron chi connectivity index (χ2n) is 7.14. The van der Waals surface area contributed by atoms with Crippen molar-refractivity contribution in [3.8, 4) is 11.3 Å². The molecule has 4 aromatic heterocycles. The van der Waals surface area contributed by atoms with E-state index in [4.69, 9.17) is 0 Å². The van der Waals surface area contributed by atoms with Gasteiger partial charge < -0.3 is 4.98 Å². The fourth-order valence-corrected chi connectivity index (χ4v) is 4.18. The third-order valence-electron chi connectivity index (χ3n) is 4.90. The monoisotopic (exact) mass is 418 g/mol. The molecule has 1 aromatic carbocycles. The molecule has 8 nitrogen and oxygen atoms in total. The Bertz CT molecular complexity index is 1440. The summed E-state index contributed by atoms with van der Waals surface area (Å²) in [5, 5.41) is 5.52. The molecule has 0 radical (unpaired) electrons. The molecule has 2 N–H and O–H groups in total. The molecular formula is C21H18N6O2S. The normalized spacial score (nSPS) is 13.4. The summed E-state index contributed by atoms with van der Waals surface area (Å²) >= 11 is 1.74. The van der Waals surface area contributed by atoms with E-state index in [9.17, 15) is 9.59 Å². The molecule has 1 saturated carbocycles. The number of nitrogens with zero attached hydrogens (tertiary/aromatic N) is 4. The molecule has 0 aliphatic heterocycles. The first-order chi connectivity index (χ1) is 14.6. The lowest BCUT2D eigenvalue weighted by atomic mass is 10.1. The van der Waals surface area contributed by atoms with Gasteiger partial charge in [0.1, 0.15) is 0 Å². The predicted octanol–water partition coefficient (Wildman–Crippen LogP) is 3.26. The number of hydrogen-bond donors (Lipinski definition) is 2. The Labute approximate surface area is 174 Å². The molecule has 0 atom stereocenters. The molecule has 0 spiro atoms. The number of aryl methyl sites for hydroxylation is 1. The number of para-hydroxylation sites is 1. The molecule has 150 valence electrons. The number of aromatic amines is 2. The predicted molar refractivity (Wildman–Crippen MR) is 116 cm³/mol. The lowest BCUT2D eigenvalue weighted by Gasteiger charge is -2.05. The molecule has 30 heavy (non-hydrogen) atoms. The van der Waals surface area contributed by atoms with E-state index in [1.807, 2.05) is 31.2 Å². The van der Waals surface area contributed by atoms with Gasteiger partial charge in [0.2, 0.25) is 0 Å². The van der Waals surface area contributed by atoms with E-state index in [0.29, 0.717) is 17.2 Å². The molecule has 0 bridgehead atoms. The fraction of sp³-hybridized carbons (Fsp3) is 0.190. The Morgan fingerprint density at radius 3 is 2.80 bits per heavy atom. The van der Waals surface area contributed by atoms with Crippen LogP contribution < -0.4 is 11.2 Å². The van der Waals surface area contributed by atoms with Gasteiger partial charge in [0.05, 0.1) is 26.5 Å². The number of hydrogen-bond acceptors (Lipinski definition) is 6. The van der Waals surface area contributed by atoms with Gasteiger partial charge in [-0.1, -0.05) is 12.1 Å². The lowest BCUT2D eigenvalue weighted by molar-refractivity contribution is 0.913. The maximum Gasteiger partial charge on any atom is 0.325 e. The van der Waals surface area contributed by atoms with Crippen LogP contribution in [0.4, 0.5) is 0 Å². The quantitative estimate of drug-likeness (QED) is 0.457. The number of rotatable bonds is 2. The number of imidazole rings is 1. The van der Waals surface area contributed by atoms with Gasteiger partial charge >= 0.3 is 5.69 Å². The first-order valence-corrected chi connectivity index (χ1v) is 10.4. The highest BCUT2D eigenvalue weighted by molar-refractivity contribution is 7.18. The summed E-state index contributed by atoms with van der Waals surface area (Å²) in [6.07, 6.45) is 7.10. The zero-order valence-corrected chi connectivity index (χ0v) is 16.9. The summed E-state index contributed by atoms with van der Waals surface area (Å²) < 4.78 is 2.95. The molecule has 9 heteroatoms. The summed E-state index contributed by atoms with van der Waals surface area (Å²) in [6.45, 7) is 2.03. The van der Waals surface area contributed by atoms with Gasteiger partial charge in [0, 0.05) is 24.2 Å². The molecule has 6 rings (SSSR count). The third kappa shape index (κ3) is 3.55. The topological polar surface area (TPSA) is 109 Å². The lowest BCUT2D eigenvalue weighted by Crippen LogP contribution is -2.23. The number of thiazole rings is 1. The molecule has 4 heterocycles. The van der Waals surface area contributed by atoms with Crippen molar-refractivity contribution in [1.29, 1.82) is 0 Å². The molecule has 1 aliphatic carbocycles. The van der Waals surface area contributed by atoms with Crippen molar-refractivity contribution < 1.29 is 0 Å². The van der Waals surface area contributed by atoms with Crippen molar-refractivity contribution in [3.63, 3.8) is 0 Å². The number of H-pyrrole nitrogens is 2. The minimum absolute atomic E-state index is 0.349. The highest BCUT2D eigenvalue weighted by Gasteiger charge is 2.27. The van der Waals surface area contributed by atoms with Crippen LogP contribution >= 0.6 is 11.3 Å². The van der Waals surface area contributed by atoms with Crippen LogP contribution in [0.1, 0.15) is 29.3 Å². The second kappa shape index (κ2) is 7.34. The Hall–Kier alpha value is -3.59. The number of benzene rings is 1. The van der Waals surface area contributed by atoms with Gasteiger partial charge in [0.15, 0.2) is 5.65 Å². The first kappa shape index (κ1) is 18.4. The molecule has 0 saturated heterocycles. The zero-order chi connectivity index (χ0) is 20.7.